The Morgan fingerprint density at radius 3 is 2.53 bits per heavy atom. The van der Waals surface area contributed by atoms with Crippen LogP contribution in [0.25, 0.3) is 21.8 Å². The highest BCUT2D eigenvalue weighted by Crippen LogP contribution is 2.26. The van der Waals surface area contributed by atoms with Gasteiger partial charge in [-0.2, -0.15) is 9.78 Å². The van der Waals surface area contributed by atoms with Crippen molar-refractivity contribution in [2.45, 2.75) is 32.7 Å². The summed E-state index contributed by atoms with van der Waals surface area (Å²) in [5.74, 6) is 0.595. The van der Waals surface area contributed by atoms with Gasteiger partial charge in [0.1, 0.15) is 5.82 Å². The normalized spacial score (nSPS) is 12.3. The van der Waals surface area contributed by atoms with Crippen LogP contribution in [0.4, 0.5) is 0 Å². The van der Waals surface area contributed by atoms with Crippen LogP contribution in [0.3, 0.4) is 0 Å². The van der Waals surface area contributed by atoms with Gasteiger partial charge in [0, 0.05) is 39.1 Å². The van der Waals surface area contributed by atoms with Crippen LogP contribution in [-0.2, 0) is 12.0 Å². The molecule has 8 heteroatoms. The van der Waals surface area contributed by atoms with E-state index in [9.17, 15) is 4.79 Å². The van der Waals surface area contributed by atoms with E-state index in [1.807, 2.05) is 69.4 Å². The molecule has 0 aliphatic rings. The molecule has 2 aromatic heterocycles. The van der Waals surface area contributed by atoms with Gasteiger partial charge in [-0.25, -0.2) is 4.98 Å². The molecule has 0 atom stereocenters. The van der Waals surface area contributed by atoms with Crippen LogP contribution < -0.4 is 5.56 Å². The van der Waals surface area contributed by atoms with E-state index < -0.39 is 0 Å². The third-order valence-electron chi connectivity index (χ3n) is 5.95. The van der Waals surface area contributed by atoms with E-state index in [4.69, 9.17) is 28.2 Å². The minimum Gasteiger partial charge on any atom is -0.342 e. The zero-order valence-corrected chi connectivity index (χ0v) is 23.1. The molecule has 0 radical (unpaired) electrons. The van der Waals surface area contributed by atoms with Gasteiger partial charge in [-0.15, -0.1) is 0 Å². The molecule has 0 amide bonds. The SMILES string of the molecule is CC(C)(C)c1nc2ccc(Br)cc2c(=O)n1N=Cc1cn(Cc2ccc(Cl)c(Cl)c2)c2ccccc12. The van der Waals surface area contributed by atoms with E-state index in [1.165, 1.54) is 4.68 Å². The summed E-state index contributed by atoms with van der Waals surface area (Å²) in [5.41, 5.74) is 3.03. The summed E-state index contributed by atoms with van der Waals surface area (Å²) in [7, 11) is 0. The number of aromatic nitrogens is 3. The topological polar surface area (TPSA) is 52.2 Å². The van der Waals surface area contributed by atoms with Crippen molar-refractivity contribution in [2.75, 3.05) is 0 Å². The number of benzene rings is 3. The second-order valence-electron chi connectivity index (χ2n) is 9.69. The maximum Gasteiger partial charge on any atom is 0.282 e. The Morgan fingerprint density at radius 2 is 1.78 bits per heavy atom. The molecule has 0 aliphatic heterocycles. The standard InChI is InChI=1S/C28H23BrCl2N4O/c1-28(2,3)27-33-24-11-9-19(29)13-21(24)26(36)35(27)32-14-18-16-34(25-7-5-4-6-20(18)25)15-17-8-10-22(30)23(31)12-17/h4-14,16H,15H2,1-3H3. The van der Waals surface area contributed by atoms with Crippen molar-refractivity contribution >= 4 is 67.2 Å². The Hall–Kier alpha value is -2.93. The Balaban J connectivity index is 1.63. The fourth-order valence-electron chi connectivity index (χ4n) is 4.20. The van der Waals surface area contributed by atoms with Crippen LogP contribution >= 0.6 is 39.1 Å². The van der Waals surface area contributed by atoms with Gasteiger partial charge in [0.25, 0.3) is 5.56 Å². The molecule has 3 aromatic carbocycles. The quantitative estimate of drug-likeness (QED) is 0.205. The highest BCUT2D eigenvalue weighted by Gasteiger charge is 2.23. The summed E-state index contributed by atoms with van der Waals surface area (Å²) in [4.78, 5) is 18.3. The fourth-order valence-corrected chi connectivity index (χ4v) is 4.89. The lowest BCUT2D eigenvalue weighted by Crippen LogP contribution is -2.29. The first-order valence-corrected chi connectivity index (χ1v) is 13.0. The van der Waals surface area contributed by atoms with E-state index >= 15 is 0 Å². The van der Waals surface area contributed by atoms with Crippen LogP contribution in [0.15, 0.2) is 81.2 Å². The second-order valence-corrected chi connectivity index (χ2v) is 11.4. The maximum atomic E-state index is 13.5. The number of nitrogens with zero attached hydrogens (tertiary/aromatic N) is 4. The number of para-hydroxylation sites is 1. The van der Waals surface area contributed by atoms with E-state index in [-0.39, 0.29) is 11.0 Å². The minimum atomic E-state index is -0.389. The Bertz CT molecular complexity index is 1710. The van der Waals surface area contributed by atoms with Gasteiger partial charge in [-0.1, -0.05) is 84.2 Å². The third-order valence-corrected chi connectivity index (χ3v) is 7.18. The summed E-state index contributed by atoms with van der Waals surface area (Å²) in [5, 5.41) is 7.26. The monoisotopic (exact) mass is 580 g/mol. The predicted octanol–water partition coefficient (Wildman–Crippen LogP) is 7.65. The van der Waals surface area contributed by atoms with Crippen molar-refractivity contribution in [2.24, 2.45) is 5.10 Å². The van der Waals surface area contributed by atoms with Crippen molar-refractivity contribution in [1.82, 2.24) is 14.2 Å². The molecule has 0 unspecified atom stereocenters. The molecule has 36 heavy (non-hydrogen) atoms. The van der Waals surface area contributed by atoms with Gasteiger partial charge in [0.15, 0.2) is 0 Å². The largest absolute Gasteiger partial charge is 0.342 e. The molecular formula is C28H23BrCl2N4O. The number of fused-ring (bicyclic) bond motifs is 2. The zero-order valence-electron chi connectivity index (χ0n) is 20.0. The van der Waals surface area contributed by atoms with Crippen LogP contribution in [0.2, 0.25) is 10.0 Å². The molecule has 5 rings (SSSR count). The summed E-state index contributed by atoms with van der Waals surface area (Å²) in [6, 6.07) is 19.3. The summed E-state index contributed by atoms with van der Waals surface area (Å²) >= 11 is 15.8. The van der Waals surface area contributed by atoms with E-state index in [0.29, 0.717) is 33.3 Å². The second kappa shape index (κ2) is 9.51. The first kappa shape index (κ1) is 24.8. The molecule has 0 saturated carbocycles. The smallest absolute Gasteiger partial charge is 0.282 e. The van der Waals surface area contributed by atoms with Gasteiger partial charge >= 0.3 is 0 Å². The summed E-state index contributed by atoms with van der Waals surface area (Å²) < 4.78 is 4.37. The number of hydrogen-bond donors (Lipinski definition) is 0. The average Bonchev–Trinajstić information content (AvgIpc) is 3.18. The van der Waals surface area contributed by atoms with Crippen LogP contribution in [0, 0.1) is 0 Å². The van der Waals surface area contributed by atoms with Crippen LogP contribution in [0.5, 0.6) is 0 Å². The number of halogens is 3. The Labute approximate surface area is 227 Å². The molecule has 0 saturated heterocycles. The molecule has 2 heterocycles. The maximum absolute atomic E-state index is 13.5. The Kier molecular flexibility index (Phi) is 6.54. The molecule has 182 valence electrons. The number of rotatable bonds is 4. The van der Waals surface area contributed by atoms with E-state index in [2.05, 4.69) is 31.7 Å². The summed E-state index contributed by atoms with van der Waals surface area (Å²) in [6.45, 7) is 6.68. The lowest BCUT2D eigenvalue weighted by Gasteiger charge is -2.20. The average molecular weight is 582 g/mol. The number of hydrogen-bond acceptors (Lipinski definition) is 3. The minimum absolute atomic E-state index is 0.206. The zero-order chi connectivity index (χ0) is 25.6. The fraction of sp³-hybridized carbons (Fsp3) is 0.179. The lowest BCUT2D eigenvalue weighted by atomic mass is 9.95. The first-order valence-electron chi connectivity index (χ1n) is 11.4. The van der Waals surface area contributed by atoms with Gasteiger partial charge in [-0.3, -0.25) is 4.79 Å². The molecule has 0 N–H and O–H groups in total. The van der Waals surface area contributed by atoms with Crippen molar-refractivity contribution in [3.05, 3.63) is 109 Å². The van der Waals surface area contributed by atoms with Gasteiger partial charge in [-0.05, 0) is 42.0 Å². The molecule has 0 aliphatic carbocycles. The van der Waals surface area contributed by atoms with Gasteiger partial charge in [0.05, 0.1) is 27.2 Å². The predicted molar refractivity (Wildman–Crippen MR) is 153 cm³/mol. The first-order chi connectivity index (χ1) is 17.1. The van der Waals surface area contributed by atoms with Crippen molar-refractivity contribution in [1.29, 1.82) is 0 Å². The molecule has 5 nitrogen and oxygen atoms in total. The van der Waals surface area contributed by atoms with Crippen molar-refractivity contribution < 1.29 is 0 Å². The Morgan fingerprint density at radius 1 is 1.00 bits per heavy atom. The van der Waals surface area contributed by atoms with Crippen LogP contribution in [0.1, 0.15) is 37.7 Å². The van der Waals surface area contributed by atoms with Crippen molar-refractivity contribution in [3.63, 3.8) is 0 Å². The third kappa shape index (κ3) is 4.73. The highest BCUT2D eigenvalue weighted by atomic mass is 79.9. The van der Waals surface area contributed by atoms with Crippen LogP contribution in [-0.4, -0.2) is 20.4 Å². The summed E-state index contributed by atoms with van der Waals surface area (Å²) in [6.07, 6.45) is 3.76. The van der Waals surface area contributed by atoms with E-state index in [0.717, 1.165) is 26.5 Å². The highest BCUT2D eigenvalue weighted by molar-refractivity contribution is 9.10. The molecule has 0 bridgehead atoms. The lowest BCUT2D eigenvalue weighted by molar-refractivity contribution is 0.506. The molecule has 5 aromatic rings. The molecular weight excluding hydrogens is 559 g/mol. The van der Waals surface area contributed by atoms with Gasteiger partial charge < -0.3 is 4.57 Å². The van der Waals surface area contributed by atoms with E-state index in [1.54, 1.807) is 18.3 Å². The van der Waals surface area contributed by atoms with Crippen molar-refractivity contribution in [3.8, 4) is 0 Å². The van der Waals surface area contributed by atoms with Gasteiger partial charge in [0.2, 0.25) is 0 Å². The molecule has 0 spiro atoms. The molecule has 0 fully saturated rings.